The van der Waals surface area contributed by atoms with Crippen molar-refractivity contribution in [1.82, 2.24) is 4.31 Å². The van der Waals surface area contributed by atoms with Crippen molar-refractivity contribution in [1.29, 1.82) is 0 Å². The molecular weight excluding hydrogens is 248 g/mol. The van der Waals surface area contributed by atoms with Crippen molar-refractivity contribution in [2.45, 2.75) is 17.4 Å². The third-order valence-electron chi connectivity index (χ3n) is 2.64. The summed E-state index contributed by atoms with van der Waals surface area (Å²) in [6, 6.07) is 6.12. The van der Waals surface area contributed by atoms with Crippen molar-refractivity contribution in [2.75, 3.05) is 13.1 Å². The molecule has 1 aromatic carbocycles. The van der Waals surface area contributed by atoms with Gasteiger partial charge in [0.1, 0.15) is 0 Å². The van der Waals surface area contributed by atoms with Gasteiger partial charge in [-0.2, -0.15) is 4.31 Å². The van der Waals surface area contributed by atoms with Gasteiger partial charge in [-0.05, 0) is 30.7 Å². The van der Waals surface area contributed by atoms with Crippen LogP contribution in [0.2, 0.25) is 5.02 Å². The molecule has 16 heavy (non-hydrogen) atoms. The van der Waals surface area contributed by atoms with Crippen LogP contribution in [0.25, 0.3) is 0 Å². The molecule has 1 aromatic rings. The van der Waals surface area contributed by atoms with Gasteiger partial charge in [-0.25, -0.2) is 8.42 Å². The van der Waals surface area contributed by atoms with E-state index in [1.54, 1.807) is 12.1 Å². The summed E-state index contributed by atoms with van der Waals surface area (Å²) in [5, 5.41) is 0.525. The average molecular weight is 261 g/mol. The molecule has 1 saturated heterocycles. The van der Waals surface area contributed by atoms with E-state index < -0.39 is 10.0 Å². The fraction of sp³-hybridized carbons (Fsp3) is 0.400. The van der Waals surface area contributed by atoms with Gasteiger partial charge in [0, 0.05) is 24.2 Å². The molecule has 0 saturated carbocycles. The summed E-state index contributed by atoms with van der Waals surface area (Å²) in [4.78, 5) is 0.269. The summed E-state index contributed by atoms with van der Waals surface area (Å²) in [5.41, 5.74) is 5.70. The molecule has 0 aromatic heterocycles. The number of rotatable bonds is 2. The molecule has 1 aliphatic rings. The van der Waals surface area contributed by atoms with Crippen LogP contribution in [0.5, 0.6) is 0 Å². The first-order valence-corrected chi connectivity index (χ1v) is 6.83. The molecule has 2 N–H and O–H groups in total. The molecule has 4 nitrogen and oxygen atoms in total. The molecule has 0 radical (unpaired) electrons. The number of halogens is 1. The Kier molecular flexibility index (Phi) is 3.21. The number of nitrogens with two attached hydrogens (primary N) is 1. The Labute approximate surface area is 100 Å². The van der Waals surface area contributed by atoms with E-state index in [4.69, 9.17) is 17.3 Å². The molecule has 88 valence electrons. The topological polar surface area (TPSA) is 63.4 Å². The molecule has 0 bridgehead atoms. The molecule has 2 rings (SSSR count). The molecule has 0 amide bonds. The minimum absolute atomic E-state index is 0.0536. The van der Waals surface area contributed by atoms with Crippen molar-refractivity contribution in [3.63, 3.8) is 0 Å². The van der Waals surface area contributed by atoms with Crippen LogP contribution in [0.15, 0.2) is 29.2 Å². The Balaban J connectivity index is 2.29. The third kappa shape index (κ3) is 2.22. The van der Waals surface area contributed by atoms with Gasteiger partial charge in [-0.15, -0.1) is 0 Å². The van der Waals surface area contributed by atoms with E-state index in [1.165, 1.54) is 16.4 Å². The van der Waals surface area contributed by atoms with Crippen molar-refractivity contribution >= 4 is 21.6 Å². The highest BCUT2D eigenvalue weighted by Gasteiger charge is 2.30. The molecule has 0 unspecified atom stereocenters. The number of hydrogen-bond acceptors (Lipinski definition) is 3. The highest BCUT2D eigenvalue weighted by Crippen LogP contribution is 2.21. The summed E-state index contributed by atoms with van der Waals surface area (Å²) >= 11 is 5.72. The van der Waals surface area contributed by atoms with Gasteiger partial charge in [0.05, 0.1) is 4.90 Å². The summed E-state index contributed by atoms with van der Waals surface area (Å²) in [7, 11) is -3.39. The van der Waals surface area contributed by atoms with Crippen LogP contribution in [0.1, 0.15) is 6.42 Å². The quantitative estimate of drug-likeness (QED) is 0.865. The van der Waals surface area contributed by atoms with Crippen molar-refractivity contribution in [2.24, 2.45) is 5.73 Å². The van der Waals surface area contributed by atoms with Gasteiger partial charge in [0.25, 0.3) is 0 Å². The van der Waals surface area contributed by atoms with E-state index in [0.29, 0.717) is 24.5 Å². The zero-order chi connectivity index (χ0) is 11.8. The van der Waals surface area contributed by atoms with E-state index >= 15 is 0 Å². The number of nitrogens with zero attached hydrogens (tertiary/aromatic N) is 1. The maximum Gasteiger partial charge on any atom is 0.243 e. The van der Waals surface area contributed by atoms with E-state index in [1.807, 2.05) is 0 Å². The highest BCUT2D eigenvalue weighted by molar-refractivity contribution is 7.89. The summed E-state index contributed by atoms with van der Waals surface area (Å²) in [5.74, 6) is 0. The smallest absolute Gasteiger partial charge is 0.243 e. The largest absolute Gasteiger partial charge is 0.326 e. The first-order chi connectivity index (χ1) is 7.50. The summed E-state index contributed by atoms with van der Waals surface area (Å²) in [6.07, 6.45) is 0.715. The van der Waals surface area contributed by atoms with E-state index in [9.17, 15) is 8.42 Å². The predicted octanol–water partition coefficient (Wildman–Crippen LogP) is 1.06. The van der Waals surface area contributed by atoms with Crippen molar-refractivity contribution < 1.29 is 8.42 Å². The second-order valence-electron chi connectivity index (χ2n) is 3.87. The first kappa shape index (κ1) is 11.9. The molecular formula is C10H13ClN2O2S. The Bertz CT molecular complexity index is 472. The fourth-order valence-corrected chi connectivity index (χ4v) is 3.37. The maximum atomic E-state index is 12.1. The standard InChI is InChI=1S/C10H13ClN2O2S/c11-8-1-3-10(4-2-8)16(14,15)13-6-5-9(12)7-13/h1-4,9H,5-7,12H2/t9-/m1/s1. The van der Waals surface area contributed by atoms with Crippen LogP contribution in [0.3, 0.4) is 0 Å². The van der Waals surface area contributed by atoms with Gasteiger partial charge in [0.15, 0.2) is 0 Å². The normalized spacial score (nSPS) is 22.5. The van der Waals surface area contributed by atoms with Gasteiger partial charge in [-0.3, -0.25) is 0 Å². The second-order valence-corrected chi connectivity index (χ2v) is 6.24. The maximum absolute atomic E-state index is 12.1. The minimum Gasteiger partial charge on any atom is -0.326 e. The summed E-state index contributed by atoms with van der Waals surface area (Å²) in [6.45, 7) is 0.886. The van der Waals surface area contributed by atoms with Gasteiger partial charge in [-0.1, -0.05) is 11.6 Å². The Morgan fingerprint density at radius 3 is 2.44 bits per heavy atom. The van der Waals surface area contributed by atoms with Crippen LogP contribution < -0.4 is 5.73 Å². The molecule has 0 aliphatic carbocycles. The minimum atomic E-state index is -3.39. The van der Waals surface area contributed by atoms with Gasteiger partial charge < -0.3 is 5.73 Å². The number of sulfonamides is 1. The lowest BCUT2D eigenvalue weighted by Crippen LogP contribution is -2.31. The fourth-order valence-electron chi connectivity index (χ4n) is 1.73. The van der Waals surface area contributed by atoms with Gasteiger partial charge >= 0.3 is 0 Å². The lowest BCUT2D eigenvalue weighted by molar-refractivity contribution is 0.472. The van der Waals surface area contributed by atoms with E-state index in [0.717, 1.165) is 0 Å². The van der Waals surface area contributed by atoms with Gasteiger partial charge in [0.2, 0.25) is 10.0 Å². The van der Waals surface area contributed by atoms with Crippen LogP contribution >= 0.6 is 11.6 Å². The molecule has 0 spiro atoms. The first-order valence-electron chi connectivity index (χ1n) is 5.01. The second kappa shape index (κ2) is 4.33. The monoisotopic (exact) mass is 260 g/mol. The van der Waals surface area contributed by atoms with Crippen molar-refractivity contribution in [3.8, 4) is 0 Å². The third-order valence-corrected chi connectivity index (χ3v) is 4.77. The zero-order valence-corrected chi connectivity index (χ0v) is 10.2. The molecule has 1 heterocycles. The highest BCUT2D eigenvalue weighted by atomic mass is 35.5. The lowest BCUT2D eigenvalue weighted by atomic mass is 10.3. The number of hydrogen-bond donors (Lipinski definition) is 1. The van der Waals surface area contributed by atoms with Crippen LogP contribution in [-0.4, -0.2) is 31.9 Å². The predicted molar refractivity (Wildman–Crippen MR) is 62.8 cm³/mol. The lowest BCUT2D eigenvalue weighted by Gasteiger charge is -2.15. The van der Waals surface area contributed by atoms with E-state index in [2.05, 4.69) is 0 Å². The molecule has 1 aliphatic heterocycles. The average Bonchev–Trinajstić information content (AvgIpc) is 2.66. The molecule has 1 atom stereocenters. The van der Waals surface area contributed by atoms with Crippen LogP contribution in [0.4, 0.5) is 0 Å². The molecule has 6 heteroatoms. The Hall–Kier alpha value is -0.620. The number of benzene rings is 1. The van der Waals surface area contributed by atoms with Crippen molar-refractivity contribution in [3.05, 3.63) is 29.3 Å². The molecule has 1 fully saturated rings. The van der Waals surface area contributed by atoms with Crippen LogP contribution in [-0.2, 0) is 10.0 Å². The Morgan fingerprint density at radius 2 is 1.94 bits per heavy atom. The zero-order valence-electron chi connectivity index (χ0n) is 8.64. The summed E-state index contributed by atoms with van der Waals surface area (Å²) < 4.78 is 25.7. The Morgan fingerprint density at radius 1 is 1.31 bits per heavy atom. The van der Waals surface area contributed by atoms with E-state index in [-0.39, 0.29) is 10.9 Å². The van der Waals surface area contributed by atoms with Crippen LogP contribution in [0, 0.1) is 0 Å². The SMILES string of the molecule is N[C@@H]1CCN(S(=O)(=O)c2ccc(Cl)cc2)C1.